The highest BCUT2D eigenvalue weighted by molar-refractivity contribution is 9.08. The minimum Gasteiger partial charge on any atom is -0.508 e. The lowest BCUT2D eigenvalue weighted by Crippen LogP contribution is -1.87. The molecule has 0 aliphatic carbocycles. The van der Waals surface area contributed by atoms with E-state index in [0.29, 0.717) is 0 Å². The van der Waals surface area contributed by atoms with Crippen LogP contribution in [-0.2, 0) is 5.33 Å². The molecule has 0 fully saturated rings. The van der Waals surface area contributed by atoms with Crippen LogP contribution in [-0.4, -0.2) is 10.1 Å². The lowest BCUT2D eigenvalue weighted by Gasteiger charge is -2.02. The zero-order chi connectivity index (χ0) is 14.7. The molecule has 5 heteroatoms. The van der Waals surface area contributed by atoms with E-state index < -0.39 is 0 Å². The molecule has 0 spiro atoms. The molecule has 0 aliphatic rings. The van der Waals surface area contributed by atoms with Gasteiger partial charge in [-0.25, -0.2) is 4.98 Å². The van der Waals surface area contributed by atoms with Crippen molar-refractivity contribution in [3.8, 4) is 16.2 Å². The monoisotopic (exact) mass is 360 g/mol. The maximum absolute atomic E-state index is 9.28. The van der Waals surface area contributed by atoms with Gasteiger partial charge in [0.2, 0.25) is 0 Å². The second kappa shape index (κ2) is 6.28. The van der Waals surface area contributed by atoms with Gasteiger partial charge in [0.25, 0.3) is 0 Å². The average Bonchev–Trinajstić information content (AvgIpc) is 2.98. The number of aromatic hydroxyl groups is 1. The number of nitrogens with zero attached hydrogens (tertiary/aromatic N) is 1. The van der Waals surface area contributed by atoms with Crippen molar-refractivity contribution >= 4 is 38.1 Å². The van der Waals surface area contributed by atoms with E-state index in [9.17, 15) is 5.11 Å². The third-order valence-electron chi connectivity index (χ3n) is 2.99. The summed E-state index contributed by atoms with van der Waals surface area (Å²) in [6.07, 6.45) is 1.88. The molecule has 0 bridgehead atoms. The third kappa shape index (κ3) is 3.43. The van der Waals surface area contributed by atoms with Gasteiger partial charge in [0.05, 0.1) is 4.88 Å². The Bertz CT molecular complexity index is 740. The summed E-state index contributed by atoms with van der Waals surface area (Å²) in [6, 6.07) is 15.3. The molecule has 0 saturated carbocycles. The van der Waals surface area contributed by atoms with Crippen molar-refractivity contribution in [2.24, 2.45) is 0 Å². The van der Waals surface area contributed by atoms with E-state index in [0.717, 1.165) is 21.0 Å². The van der Waals surface area contributed by atoms with Crippen LogP contribution in [0.1, 0.15) is 5.56 Å². The first kappa shape index (κ1) is 14.1. The number of rotatable bonds is 4. The molecule has 2 N–H and O–H groups in total. The van der Waals surface area contributed by atoms with Crippen LogP contribution in [0, 0.1) is 0 Å². The molecule has 0 amide bonds. The van der Waals surface area contributed by atoms with E-state index in [1.807, 2.05) is 18.3 Å². The number of halogens is 1. The first-order chi connectivity index (χ1) is 10.2. The van der Waals surface area contributed by atoms with Gasteiger partial charge in [-0.3, -0.25) is 0 Å². The smallest absolute Gasteiger partial charge is 0.187 e. The maximum atomic E-state index is 9.28. The molecule has 2 aromatic carbocycles. The molecular formula is C16H13BrN2OS. The molecule has 0 aliphatic heterocycles. The lowest BCUT2D eigenvalue weighted by molar-refractivity contribution is 0.475. The fourth-order valence-electron chi connectivity index (χ4n) is 1.94. The normalized spacial score (nSPS) is 10.5. The predicted octanol–water partition coefficient (Wildman–Crippen LogP) is 5.15. The topological polar surface area (TPSA) is 45.1 Å². The average molecular weight is 361 g/mol. The van der Waals surface area contributed by atoms with E-state index in [-0.39, 0.29) is 5.75 Å². The Balaban J connectivity index is 1.81. The number of aromatic nitrogens is 1. The van der Waals surface area contributed by atoms with Crippen molar-refractivity contribution in [2.75, 3.05) is 5.32 Å². The Kier molecular flexibility index (Phi) is 4.22. The van der Waals surface area contributed by atoms with Gasteiger partial charge in [0, 0.05) is 17.2 Å². The molecule has 3 rings (SSSR count). The number of phenolic OH excluding ortho intramolecular Hbond substituents is 1. The first-order valence-corrected chi connectivity index (χ1v) is 8.35. The molecule has 1 aromatic heterocycles. The lowest BCUT2D eigenvalue weighted by atomic mass is 10.1. The van der Waals surface area contributed by atoms with Gasteiger partial charge in [0.1, 0.15) is 5.75 Å². The fraction of sp³-hybridized carbons (Fsp3) is 0.0625. The van der Waals surface area contributed by atoms with Crippen LogP contribution in [0.25, 0.3) is 10.4 Å². The standard InChI is InChI=1S/C16H13BrN2OS/c17-9-11-2-1-3-12(8-11)15-10-18-16(21-15)19-13-4-6-14(20)7-5-13/h1-8,10,20H,9H2,(H,18,19). The van der Waals surface area contributed by atoms with E-state index >= 15 is 0 Å². The molecule has 3 nitrogen and oxygen atoms in total. The van der Waals surface area contributed by atoms with Crippen molar-refractivity contribution in [3.05, 3.63) is 60.3 Å². The van der Waals surface area contributed by atoms with Gasteiger partial charge >= 0.3 is 0 Å². The van der Waals surface area contributed by atoms with E-state index in [2.05, 4.69) is 50.5 Å². The summed E-state index contributed by atoms with van der Waals surface area (Å²) in [5.41, 5.74) is 3.32. The fourth-order valence-corrected chi connectivity index (χ4v) is 3.12. The first-order valence-electron chi connectivity index (χ1n) is 6.42. The number of thiazole rings is 1. The summed E-state index contributed by atoms with van der Waals surface area (Å²) in [6.45, 7) is 0. The minimum absolute atomic E-state index is 0.256. The summed E-state index contributed by atoms with van der Waals surface area (Å²) in [5, 5.41) is 14.2. The second-order valence-electron chi connectivity index (χ2n) is 4.54. The van der Waals surface area contributed by atoms with Crippen LogP contribution in [0.2, 0.25) is 0 Å². The van der Waals surface area contributed by atoms with Gasteiger partial charge in [-0.2, -0.15) is 0 Å². The van der Waals surface area contributed by atoms with Crippen molar-refractivity contribution in [2.45, 2.75) is 5.33 Å². The Morgan fingerprint density at radius 1 is 1.14 bits per heavy atom. The minimum atomic E-state index is 0.256. The Morgan fingerprint density at radius 3 is 2.71 bits per heavy atom. The zero-order valence-electron chi connectivity index (χ0n) is 11.1. The molecular weight excluding hydrogens is 348 g/mol. The second-order valence-corrected chi connectivity index (χ2v) is 6.13. The van der Waals surface area contributed by atoms with Crippen molar-refractivity contribution in [1.29, 1.82) is 0 Å². The third-order valence-corrected chi connectivity index (χ3v) is 4.60. The molecule has 0 radical (unpaired) electrons. The molecule has 3 aromatic rings. The summed E-state index contributed by atoms with van der Waals surface area (Å²) >= 11 is 5.08. The number of hydrogen-bond acceptors (Lipinski definition) is 4. The maximum Gasteiger partial charge on any atom is 0.187 e. The number of phenols is 1. The van der Waals surface area contributed by atoms with Crippen LogP contribution >= 0.6 is 27.3 Å². The van der Waals surface area contributed by atoms with Crippen LogP contribution in [0.5, 0.6) is 5.75 Å². The Labute approximate surface area is 135 Å². The number of hydrogen-bond donors (Lipinski definition) is 2. The van der Waals surface area contributed by atoms with Gasteiger partial charge in [-0.1, -0.05) is 45.5 Å². The van der Waals surface area contributed by atoms with Gasteiger partial charge in [-0.05, 0) is 41.5 Å². The Morgan fingerprint density at radius 2 is 1.95 bits per heavy atom. The number of benzene rings is 2. The molecule has 106 valence electrons. The quantitative estimate of drug-likeness (QED) is 0.499. The zero-order valence-corrected chi connectivity index (χ0v) is 13.5. The summed E-state index contributed by atoms with van der Waals surface area (Å²) in [4.78, 5) is 5.52. The van der Waals surface area contributed by atoms with Gasteiger partial charge in [0.15, 0.2) is 5.13 Å². The summed E-state index contributed by atoms with van der Waals surface area (Å²) < 4.78 is 0. The summed E-state index contributed by atoms with van der Waals surface area (Å²) in [7, 11) is 0. The number of nitrogens with one attached hydrogen (secondary N) is 1. The highest BCUT2D eigenvalue weighted by Crippen LogP contribution is 2.31. The summed E-state index contributed by atoms with van der Waals surface area (Å²) in [5.74, 6) is 0.256. The predicted molar refractivity (Wildman–Crippen MR) is 91.6 cm³/mol. The molecule has 21 heavy (non-hydrogen) atoms. The molecule has 1 heterocycles. The van der Waals surface area contributed by atoms with Crippen LogP contribution in [0.3, 0.4) is 0 Å². The largest absolute Gasteiger partial charge is 0.508 e. The van der Waals surface area contributed by atoms with Crippen molar-refractivity contribution in [1.82, 2.24) is 4.98 Å². The van der Waals surface area contributed by atoms with E-state index in [1.165, 1.54) is 11.1 Å². The number of alkyl halides is 1. The molecule has 0 unspecified atom stereocenters. The van der Waals surface area contributed by atoms with Gasteiger partial charge in [-0.15, -0.1) is 0 Å². The highest BCUT2D eigenvalue weighted by atomic mass is 79.9. The number of anilines is 2. The van der Waals surface area contributed by atoms with Crippen LogP contribution in [0.15, 0.2) is 54.7 Å². The van der Waals surface area contributed by atoms with Crippen molar-refractivity contribution in [3.63, 3.8) is 0 Å². The van der Waals surface area contributed by atoms with Crippen LogP contribution < -0.4 is 5.32 Å². The molecule has 0 atom stereocenters. The SMILES string of the molecule is Oc1ccc(Nc2ncc(-c3cccc(CBr)c3)s2)cc1. The van der Waals surface area contributed by atoms with E-state index in [1.54, 1.807) is 23.5 Å². The molecule has 0 saturated heterocycles. The van der Waals surface area contributed by atoms with Crippen molar-refractivity contribution < 1.29 is 5.11 Å². The highest BCUT2D eigenvalue weighted by Gasteiger charge is 2.05. The Hall–Kier alpha value is -1.85. The van der Waals surface area contributed by atoms with E-state index in [4.69, 9.17) is 0 Å². The van der Waals surface area contributed by atoms with Gasteiger partial charge < -0.3 is 10.4 Å². The van der Waals surface area contributed by atoms with Crippen LogP contribution in [0.4, 0.5) is 10.8 Å².